The van der Waals surface area contributed by atoms with E-state index in [0.717, 1.165) is 22.8 Å². The minimum Gasteiger partial charge on any atom is -0.481 e. The Balaban J connectivity index is 1.71. The van der Waals surface area contributed by atoms with Gasteiger partial charge < -0.3 is 10.1 Å². The average molecular weight is 358 g/mol. The number of rotatable bonds is 9. The number of hydrogen-bond donors (Lipinski definition) is 1. The van der Waals surface area contributed by atoms with Gasteiger partial charge >= 0.3 is 0 Å². The summed E-state index contributed by atoms with van der Waals surface area (Å²) >= 11 is 1.83. The number of carbonyl (C=O) groups excluding carboxylic acids is 1. The standard InChI is InChI=1S/C21H27NO2S/c1-4-20(24-19-10-6-8-17(3)14-19)21(23)22-11-12-25-15-18-9-5-7-16(2)13-18/h5-10,13-14,20H,4,11-12,15H2,1-3H3,(H,22,23). The van der Waals surface area contributed by atoms with Crippen molar-refractivity contribution in [3.8, 4) is 5.75 Å². The van der Waals surface area contributed by atoms with Gasteiger partial charge in [-0.15, -0.1) is 0 Å². The zero-order valence-electron chi connectivity index (χ0n) is 15.2. The molecule has 0 bridgehead atoms. The minimum atomic E-state index is -0.441. The third-order valence-corrected chi connectivity index (χ3v) is 4.86. The summed E-state index contributed by atoms with van der Waals surface area (Å²) < 4.78 is 5.83. The molecule has 2 aromatic rings. The fraction of sp³-hybridized carbons (Fsp3) is 0.381. The molecule has 4 heteroatoms. The van der Waals surface area contributed by atoms with E-state index in [-0.39, 0.29) is 5.91 Å². The molecule has 0 aliphatic carbocycles. The van der Waals surface area contributed by atoms with E-state index in [4.69, 9.17) is 4.74 Å². The second kappa shape index (κ2) is 10.1. The van der Waals surface area contributed by atoms with Gasteiger partial charge in [-0.25, -0.2) is 0 Å². The first kappa shape index (κ1) is 19.4. The molecular weight excluding hydrogens is 330 g/mol. The molecule has 3 nitrogen and oxygen atoms in total. The molecule has 0 heterocycles. The fourth-order valence-electron chi connectivity index (χ4n) is 2.53. The van der Waals surface area contributed by atoms with Crippen LogP contribution in [0.15, 0.2) is 48.5 Å². The molecule has 1 unspecified atom stereocenters. The van der Waals surface area contributed by atoms with E-state index < -0.39 is 6.10 Å². The molecule has 2 rings (SSSR count). The van der Waals surface area contributed by atoms with Crippen LogP contribution in [0.5, 0.6) is 5.75 Å². The third-order valence-electron chi connectivity index (χ3n) is 3.83. The van der Waals surface area contributed by atoms with Gasteiger partial charge in [0.25, 0.3) is 5.91 Å². The van der Waals surface area contributed by atoms with Gasteiger partial charge in [-0.3, -0.25) is 4.79 Å². The van der Waals surface area contributed by atoms with Gasteiger partial charge in [-0.1, -0.05) is 48.9 Å². The van der Waals surface area contributed by atoms with Crippen molar-refractivity contribution in [2.75, 3.05) is 12.3 Å². The molecule has 2 aromatic carbocycles. The predicted octanol–water partition coefficient (Wildman–Crippen LogP) is 4.51. The molecule has 134 valence electrons. The average Bonchev–Trinajstić information content (AvgIpc) is 2.59. The number of hydrogen-bond acceptors (Lipinski definition) is 3. The predicted molar refractivity (Wildman–Crippen MR) is 106 cm³/mol. The molecule has 0 saturated heterocycles. The van der Waals surface area contributed by atoms with Crippen LogP contribution in [0.4, 0.5) is 0 Å². The molecule has 1 atom stereocenters. The lowest BCUT2D eigenvalue weighted by Gasteiger charge is -2.17. The first-order valence-corrected chi connectivity index (χ1v) is 9.88. The van der Waals surface area contributed by atoms with Crippen LogP contribution in [0.3, 0.4) is 0 Å². The van der Waals surface area contributed by atoms with Gasteiger partial charge in [0, 0.05) is 18.1 Å². The Kier molecular flexibility index (Phi) is 7.86. The minimum absolute atomic E-state index is 0.0415. The maximum Gasteiger partial charge on any atom is 0.261 e. The van der Waals surface area contributed by atoms with E-state index in [1.54, 1.807) is 0 Å². The Labute approximate surface area is 155 Å². The highest BCUT2D eigenvalue weighted by Gasteiger charge is 2.17. The lowest BCUT2D eigenvalue weighted by atomic mass is 10.2. The van der Waals surface area contributed by atoms with E-state index in [1.165, 1.54) is 11.1 Å². The highest BCUT2D eigenvalue weighted by atomic mass is 32.2. The topological polar surface area (TPSA) is 38.3 Å². The molecule has 0 aliphatic rings. The van der Waals surface area contributed by atoms with Crippen LogP contribution in [-0.4, -0.2) is 24.3 Å². The molecule has 1 amide bonds. The van der Waals surface area contributed by atoms with Crippen LogP contribution in [0.2, 0.25) is 0 Å². The number of ether oxygens (including phenoxy) is 1. The van der Waals surface area contributed by atoms with E-state index in [1.807, 2.05) is 49.9 Å². The zero-order valence-corrected chi connectivity index (χ0v) is 16.1. The van der Waals surface area contributed by atoms with Crippen LogP contribution in [0.25, 0.3) is 0 Å². The number of benzene rings is 2. The van der Waals surface area contributed by atoms with Gasteiger partial charge in [-0.2, -0.15) is 11.8 Å². The Hall–Kier alpha value is -1.94. The van der Waals surface area contributed by atoms with Crippen LogP contribution in [0, 0.1) is 13.8 Å². The smallest absolute Gasteiger partial charge is 0.261 e. The zero-order chi connectivity index (χ0) is 18.1. The fourth-order valence-corrected chi connectivity index (χ4v) is 3.33. The van der Waals surface area contributed by atoms with Crippen LogP contribution >= 0.6 is 11.8 Å². The second-order valence-corrected chi connectivity index (χ2v) is 7.27. The van der Waals surface area contributed by atoms with Crippen LogP contribution < -0.4 is 10.1 Å². The summed E-state index contributed by atoms with van der Waals surface area (Å²) in [6, 6.07) is 16.3. The number of nitrogens with one attached hydrogen (secondary N) is 1. The van der Waals surface area contributed by atoms with E-state index in [2.05, 4.69) is 36.5 Å². The lowest BCUT2D eigenvalue weighted by Crippen LogP contribution is -2.39. The number of thioether (sulfide) groups is 1. The summed E-state index contributed by atoms with van der Waals surface area (Å²) in [6.45, 7) is 6.74. The highest BCUT2D eigenvalue weighted by molar-refractivity contribution is 7.98. The van der Waals surface area contributed by atoms with Crippen LogP contribution in [-0.2, 0) is 10.5 Å². The Bertz CT molecular complexity index is 687. The molecule has 0 aliphatic heterocycles. The first-order chi connectivity index (χ1) is 12.1. The normalized spacial score (nSPS) is 11.8. The number of carbonyl (C=O) groups is 1. The van der Waals surface area contributed by atoms with Crippen molar-refractivity contribution in [1.82, 2.24) is 5.32 Å². The van der Waals surface area contributed by atoms with Gasteiger partial charge in [0.2, 0.25) is 0 Å². The Morgan fingerprint density at radius 3 is 2.52 bits per heavy atom. The molecule has 0 fully saturated rings. The third kappa shape index (κ3) is 6.83. The van der Waals surface area contributed by atoms with Crippen molar-refractivity contribution in [2.45, 2.75) is 39.0 Å². The van der Waals surface area contributed by atoms with Crippen molar-refractivity contribution in [3.63, 3.8) is 0 Å². The summed E-state index contributed by atoms with van der Waals surface area (Å²) in [4.78, 5) is 12.3. The van der Waals surface area contributed by atoms with Crippen molar-refractivity contribution in [3.05, 3.63) is 65.2 Å². The van der Waals surface area contributed by atoms with E-state index in [9.17, 15) is 4.79 Å². The summed E-state index contributed by atoms with van der Waals surface area (Å²) in [5.74, 6) is 2.56. The summed E-state index contributed by atoms with van der Waals surface area (Å²) in [7, 11) is 0. The Morgan fingerprint density at radius 2 is 1.84 bits per heavy atom. The largest absolute Gasteiger partial charge is 0.481 e. The van der Waals surface area contributed by atoms with Gasteiger partial charge in [0.05, 0.1) is 0 Å². The number of amides is 1. The quantitative estimate of drug-likeness (QED) is 0.671. The van der Waals surface area contributed by atoms with Gasteiger partial charge in [0.15, 0.2) is 6.10 Å². The maximum atomic E-state index is 12.3. The molecule has 0 saturated carbocycles. The second-order valence-electron chi connectivity index (χ2n) is 6.16. The monoisotopic (exact) mass is 357 g/mol. The first-order valence-electron chi connectivity index (χ1n) is 8.73. The summed E-state index contributed by atoms with van der Waals surface area (Å²) in [5.41, 5.74) is 3.73. The van der Waals surface area contributed by atoms with Gasteiger partial charge in [0.1, 0.15) is 5.75 Å². The van der Waals surface area contributed by atoms with Crippen molar-refractivity contribution in [1.29, 1.82) is 0 Å². The number of aryl methyl sites for hydroxylation is 2. The molecular formula is C21H27NO2S. The highest BCUT2D eigenvalue weighted by Crippen LogP contribution is 2.16. The van der Waals surface area contributed by atoms with Crippen molar-refractivity contribution < 1.29 is 9.53 Å². The molecule has 0 radical (unpaired) electrons. The van der Waals surface area contributed by atoms with Crippen molar-refractivity contribution >= 4 is 17.7 Å². The SMILES string of the molecule is CCC(Oc1cccc(C)c1)C(=O)NCCSCc1cccc(C)c1. The van der Waals surface area contributed by atoms with Gasteiger partial charge in [-0.05, 0) is 43.5 Å². The molecule has 1 N–H and O–H groups in total. The van der Waals surface area contributed by atoms with Crippen LogP contribution in [0.1, 0.15) is 30.0 Å². The van der Waals surface area contributed by atoms with Crippen molar-refractivity contribution in [2.24, 2.45) is 0 Å². The summed E-state index contributed by atoms with van der Waals surface area (Å²) in [6.07, 6.45) is 0.208. The molecule has 0 aromatic heterocycles. The lowest BCUT2D eigenvalue weighted by molar-refractivity contribution is -0.127. The Morgan fingerprint density at radius 1 is 1.12 bits per heavy atom. The van der Waals surface area contributed by atoms with E-state index >= 15 is 0 Å². The maximum absolute atomic E-state index is 12.3. The van der Waals surface area contributed by atoms with E-state index in [0.29, 0.717) is 13.0 Å². The molecule has 0 spiro atoms. The summed E-state index contributed by atoms with van der Waals surface area (Å²) in [5, 5.41) is 2.98. The molecule has 25 heavy (non-hydrogen) atoms.